The fourth-order valence-corrected chi connectivity index (χ4v) is 2.23. The highest BCUT2D eigenvalue weighted by atomic mass is 35.7. The zero-order valence-corrected chi connectivity index (χ0v) is 12.6. The minimum absolute atomic E-state index is 1.26. The fraction of sp³-hybridized carbons (Fsp3) is 0.0625. The minimum atomic E-state index is -4.94. The molecule has 0 unspecified atom stereocenters. The second kappa shape index (κ2) is 6.83. The average Bonchev–Trinajstić information content (AvgIpc) is 2.47. The number of hydrogen-bond donors (Lipinski definition) is 0. The summed E-state index contributed by atoms with van der Waals surface area (Å²) < 4.78 is 36.1. The van der Waals surface area contributed by atoms with Crippen LogP contribution in [0.3, 0.4) is 0 Å². The standard InChI is InChI=1S/C16H14N.ClHO4/c1-17-12-11-14(13-7-3-2-4-8-13)15-9-5-6-10-16(15)17;2-1(3,4)5/h2-12H,1H3;(H,2,3,4,5)/q+1;/p-1. The fourth-order valence-electron chi connectivity index (χ4n) is 2.23. The Morgan fingerprint density at radius 2 is 1.32 bits per heavy atom. The van der Waals surface area contributed by atoms with E-state index < -0.39 is 10.2 Å². The highest BCUT2D eigenvalue weighted by Crippen LogP contribution is 2.25. The first-order valence-corrected chi connectivity index (χ1v) is 7.64. The molecule has 0 atom stereocenters. The highest BCUT2D eigenvalue weighted by Gasteiger charge is 2.09. The lowest BCUT2D eigenvalue weighted by atomic mass is 10.0. The molecule has 0 radical (unpaired) electrons. The van der Waals surface area contributed by atoms with Gasteiger partial charge in [0.2, 0.25) is 5.52 Å². The quantitative estimate of drug-likeness (QED) is 0.514. The Kier molecular flexibility index (Phi) is 5.07. The van der Waals surface area contributed by atoms with Crippen LogP contribution in [0.1, 0.15) is 0 Å². The predicted molar refractivity (Wildman–Crippen MR) is 70.6 cm³/mol. The van der Waals surface area contributed by atoms with Gasteiger partial charge < -0.3 is 0 Å². The Hall–Kier alpha value is -2.02. The molecule has 0 aliphatic rings. The molecule has 0 saturated carbocycles. The van der Waals surface area contributed by atoms with Gasteiger partial charge >= 0.3 is 0 Å². The second-order valence-electron chi connectivity index (χ2n) is 4.60. The van der Waals surface area contributed by atoms with Gasteiger partial charge in [0.05, 0.1) is 5.39 Å². The second-order valence-corrected chi connectivity index (χ2v) is 5.36. The zero-order chi connectivity index (χ0) is 16.2. The number of rotatable bonds is 1. The predicted octanol–water partition coefficient (Wildman–Crippen LogP) is -1.42. The number of nitrogens with zero attached hydrogens (tertiary/aromatic N) is 1. The first-order chi connectivity index (χ1) is 10.4. The monoisotopic (exact) mass is 319 g/mol. The lowest BCUT2D eigenvalue weighted by molar-refractivity contribution is -2.00. The van der Waals surface area contributed by atoms with Crippen molar-refractivity contribution in [3.05, 3.63) is 66.9 Å². The molecule has 5 nitrogen and oxygen atoms in total. The lowest BCUT2D eigenvalue weighted by Crippen LogP contribution is -2.68. The molecule has 0 bridgehead atoms. The van der Waals surface area contributed by atoms with Crippen molar-refractivity contribution < 1.29 is 33.4 Å². The molecule has 2 aromatic carbocycles. The number of halogens is 1. The summed E-state index contributed by atoms with van der Waals surface area (Å²) in [7, 11) is -2.86. The summed E-state index contributed by atoms with van der Waals surface area (Å²) in [5, 5.41) is 1.30. The molecule has 0 amide bonds. The van der Waals surface area contributed by atoms with Gasteiger partial charge in [0.15, 0.2) is 6.20 Å². The summed E-state index contributed by atoms with van der Waals surface area (Å²) in [5.74, 6) is 0. The smallest absolute Gasteiger partial charge is 0.212 e. The van der Waals surface area contributed by atoms with Crippen molar-refractivity contribution in [2.45, 2.75) is 0 Å². The third-order valence-corrected chi connectivity index (χ3v) is 3.12. The maximum absolute atomic E-state index is 8.49. The summed E-state index contributed by atoms with van der Waals surface area (Å²) in [4.78, 5) is 0. The Labute approximate surface area is 130 Å². The van der Waals surface area contributed by atoms with Crippen LogP contribution < -0.4 is 23.2 Å². The van der Waals surface area contributed by atoms with Crippen molar-refractivity contribution in [1.29, 1.82) is 0 Å². The summed E-state index contributed by atoms with van der Waals surface area (Å²) >= 11 is 0. The van der Waals surface area contributed by atoms with Crippen LogP contribution in [0.2, 0.25) is 0 Å². The number of benzene rings is 2. The van der Waals surface area contributed by atoms with Crippen LogP contribution in [0, 0.1) is 10.2 Å². The van der Waals surface area contributed by atoms with E-state index in [2.05, 4.69) is 78.5 Å². The highest BCUT2D eigenvalue weighted by molar-refractivity contribution is 5.92. The molecule has 1 aromatic heterocycles. The molecule has 0 saturated heterocycles. The van der Waals surface area contributed by atoms with E-state index >= 15 is 0 Å². The summed E-state index contributed by atoms with van der Waals surface area (Å²) in [6.45, 7) is 0. The van der Waals surface area contributed by atoms with E-state index in [0.29, 0.717) is 0 Å². The molecule has 114 valence electrons. The van der Waals surface area contributed by atoms with Gasteiger partial charge in [-0.15, -0.1) is 10.2 Å². The van der Waals surface area contributed by atoms with E-state index in [1.54, 1.807) is 0 Å². The first kappa shape index (κ1) is 16.4. The van der Waals surface area contributed by atoms with Crippen LogP contribution in [0.4, 0.5) is 0 Å². The molecule has 0 N–H and O–H groups in total. The van der Waals surface area contributed by atoms with Crippen molar-refractivity contribution in [2.24, 2.45) is 7.05 Å². The van der Waals surface area contributed by atoms with Gasteiger partial charge in [-0.1, -0.05) is 42.5 Å². The number of para-hydroxylation sites is 1. The normalized spacial score (nSPS) is 11.0. The SMILES string of the molecule is C[n+]1ccc(-c2ccccc2)c2ccccc21.[O-][Cl+3]([O-])([O-])[O-]. The largest absolute Gasteiger partial charge is 0.222 e. The van der Waals surface area contributed by atoms with E-state index in [0.717, 1.165) is 0 Å². The van der Waals surface area contributed by atoms with Crippen molar-refractivity contribution in [2.75, 3.05) is 0 Å². The van der Waals surface area contributed by atoms with E-state index in [1.807, 2.05) is 0 Å². The molecule has 6 heteroatoms. The van der Waals surface area contributed by atoms with Crippen LogP contribution >= 0.6 is 0 Å². The molecule has 1 heterocycles. The maximum atomic E-state index is 8.49. The van der Waals surface area contributed by atoms with Crippen molar-refractivity contribution in [3.63, 3.8) is 0 Å². The summed E-state index contributed by atoms with van der Waals surface area (Å²) in [5.41, 5.74) is 3.82. The number of fused-ring (bicyclic) bond motifs is 1. The third-order valence-electron chi connectivity index (χ3n) is 3.12. The molecule has 0 fully saturated rings. The van der Waals surface area contributed by atoms with Gasteiger partial charge in [-0.2, -0.15) is 0 Å². The van der Waals surface area contributed by atoms with Crippen molar-refractivity contribution in [1.82, 2.24) is 0 Å². The summed E-state index contributed by atoms with van der Waals surface area (Å²) in [6, 6.07) is 21.2. The van der Waals surface area contributed by atoms with E-state index in [4.69, 9.17) is 18.6 Å². The minimum Gasteiger partial charge on any atom is -0.222 e. The van der Waals surface area contributed by atoms with Gasteiger partial charge in [0.1, 0.15) is 7.05 Å². The van der Waals surface area contributed by atoms with E-state index in [1.165, 1.54) is 22.0 Å². The number of aromatic nitrogens is 1. The van der Waals surface area contributed by atoms with Gasteiger partial charge in [0.25, 0.3) is 0 Å². The Balaban J connectivity index is 0.000000309. The Morgan fingerprint density at radius 1 is 0.773 bits per heavy atom. The van der Waals surface area contributed by atoms with Crippen LogP contribution in [0.25, 0.3) is 22.0 Å². The first-order valence-electron chi connectivity index (χ1n) is 6.41. The van der Waals surface area contributed by atoms with Crippen molar-refractivity contribution in [3.8, 4) is 11.1 Å². The molecule has 22 heavy (non-hydrogen) atoms. The summed E-state index contributed by atoms with van der Waals surface area (Å²) in [6.07, 6.45) is 2.12. The zero-order valence-electron chi connectivity index (χ0n) is 11.8. The number of hydrogen-bond acceptors (Lipinski definition) is 4. The van der Waals surface area contributed by atoms with E-state index in [-0.39, 0.29) is 0 Å². The van der Waals surface area contributed by atoms with Gasteiger partial charge in [-0.05, 0) is 11.6 Å². The molecular formula is C16H14ClNO4. The average molecular weight is 320 g/mol. The van der Waals surface area contributed by atoms with Crippen LogP contribution in [0.15, 0.2) is 66.9 Å². The molecular weight excluding hydrogens is 306 g/mol. The van der Waals surface area contributed by atoms with Crippen LogP contribution in [0.5, 0.6) is 0 Å². The van der Waals surface area contributed by atoms with E-state index in [9.17, 15) is 0 Å². The van der Waals surface area contributed by atoms with Gasteiger partial charge in [-0.3, -0.25) is 0 Å². The molecule has 0 spiro atoms. The Morgan fingerprint density at radius 3 is 1.95 bits per heavy atom. The van der Waals surface area contributed by atoms with Crippen LogP contribution in [-0.2, 0) is 7.05 Å². The Bertz CT molecular complexity index is 751. The number of aryl methyl sites for hydroxylation is 1. The van der Waals surface area contributed by atoms with Gasteiger partial charge in [0, 0.05) is 17.7 Å². The van der Waals surface area contributed by atoms with Crippen LogP contribution in [-0.4, -0.2) is 0 Å². The molecule has 0 aliphatic heterocycles. The third kappa shape index (κ3) is 4.49. The van der Waals surface area contributed by atoms with Gasteiger partial charge in [-0.25, -0.2) is 23.2 Å². The topological polar surface area (TPSA) is 96.1 Å². The maximum Gasteiger partial charge on any atom is 0.212 e. The number of pyridine rings is 1. The lowest BCUT2D eigenvalue weighted by Gasteiger charge is -2.17. The molecule has 3 rings (SSSR count). The molecule has 3 aromatic rings. The molecule has 0 aliphatic carbocycles. The van der Waals surface area contributed by atoms with Crippen molar-refractivity contribution >= 4 is 10.9 Å².